The average molecular weight is 494 g/mol. The summed E-state index contributed by atoms with van der Waals surface area (Å²) in [5, 5.41) is 8.41. The van der Waals surface area contributed by atoms with E-state index in [2.05, 4.69) is 20.4 Å². The molecule has 2 aliphatic rings. The van der Waals surface area contributed by atoms with Crippen LogP contribution in [-0.4, -0.2) is 56.1 Å². The first-order valence-electron chi connectivity index (χ1n) is 10.9. The number of nitrogens with one attached hydrogen (secondary N) is 2. The van der Waals surface area contributed by atoms with Gasteiger partial charge in [0.15, 0.2) is 0 Å². The molecule has 32 heavy (non-hydrogen) atoms. The molecule has 8 heteroatoms. The Morgan fingerprint density at radius 2 is 1.78 bits per heavy atom. The third-order valence-electron chi connectivity index (χ3n) is 6.10. The van der Waals surface area contributed by atoms with Crippen LogP contribution in [0.15, 0.2) is 48.5 Å². The number of anilines is 1. The molecule has 2 aromatic rings. The summed E-state index contributed by atoms with van der Waals surface area (Å²) in [5.74, 6) is -0.138. The summed E-state index contributed by atoms with van der Waals surface area (Å²) in [6.07, 6.45) is 2.01. The summed E-state index contributed by atoms with van der Waals surface area (Å²) in [6.45, 7) is 7.08. The molecular formula is C24H27Cl3N4O. The standard InChI is InChI=1S/C24H27Cl3N4O/c1-16-19(15-21(29-16)17-5-7-18(25)8-6-17)24(32)28-9-10-30-11-13-31(14-12-30)22-4-2-3-20(26)23(22)27/h2-8,15-16,19,29H,9-14H2,1H3,(H,28,32). The van der Waals surface area contributed by atoms with Crippen LogP contribution in [0.4, 0.5) is 5.69 Å². The molecule has 0 spiro atoms. The third kappa shape index (κ3) is 5.34. The smallest absolute Gasteiger partial charge is 0.229 e. The van der Waals surface area contributed by atoms with Gasteiger partial charge in [-0.05, 0) is 42.8 Å². The highest BCUT2D eigenvalue weighted by Crippen LogP contribution is 2.32. The van der Waals surface area contributed by atoms with E-state index in [4.69, 9.17) is 34.8 Å². The Morgan fingerprint density at radius 3 is 2.50 bits per heavy atom. The predicted molar refractivity (Wildman–Crippen MR) is 134 cm³/mol. The second-order valence-electron chi connectivity index (χ2n) is 8.24. The minimum absolute atomic E-state index is 0.0478. The summed E-state index contributed by atoms with van der Waals surface area (Å²) in [4.78, 5) is 17.4. The Balaban J connectivity index is 1.24. The molecule has 0 aromatic heterocycles. The van der Waals surface area contributed by atoms with Crippen molar-refractivity contribution < 1.29 is 4.79 Å². The molecule has 0 bridgehead atoms. The molecule has 2 unspecified atom stereocenters. The number of carbonyl (C=O) groups is 1. The van der Waals surface area contributed by atoms with Crippen LogP contribution < -0.4 is 15.5 Å². The minimum Gasteiger partial charge on any atom is -0.381 e. The van der Waals surface area contributed by atoms with Crippen LogP contribution in [0.1, 0.15) is 12.5 Å². The lowest BCUT2D eigenvalue weighted by Crippen LogP contribution is -2.49. The Kier molecular flexibility index (Phi) is 7.51. The van der Waals surface area contributed by atoms with Gasteiger partial charge in [-0.3, -0.25) is 9.69 Å². The zero-order valence-electron chi connectivity index (χ0n) is 18.0. The molecular weight excluding hydrogens is 467 g/mol. The van der Waals surface area contributed by atoms with Gasteiger partial charge in [0, 0.05) is 56.0 Å². The lowest BCUT2D eigenvalue weighted by atomic mass is 10.0. The fraction of sp³-hybridized carbons (Fsp3) is 0.375. The van der Waals surface area contributed by atoms with Crippen LogP contribution in [-0.2, 0) is 4.79 Å². The summed E-state index contributed by atoms with van der Waals surface area (Å²) in [7, 11) is 0. The number of piperazine rings is 1. The quantitative estimate of drug-likeness (QED) is 0.620. The number of benzene rings is 2. The molecule has 170 valence electrons. The number of hydrogen-bond acceptors (Lipinski definition) is 4. The summed E-state index contributed by atoms with van der Waals surface area (Å²) in [6, 6.07) is 13.4. The summed E-state index contributed by atoms with van der Waals surface area (Å²) < 4.78 is 0. The molecule has 1 amide bonds. The monoisotopic (exact) mass is 492 g/mol. The summed E-state index contributed by atoms with van der Waals surface area (Å²) in [5.41, 5.74) is 3.00. The van der Waals surface area contributed by atoms with Gasteiger partial charge >= 0.3 is 0 Å². The van der Waals surface area contributed by atoms with Crippen molar-refractivity contribution >= 4 is 52.1 Å². The van der Waals surface area contributed by atoms with Crippen LogP contribution in [0.25, 0.3) is 5.70 Å². The van der Waals surface area contributed by atoms with Gasteiger partial charge in [0.25, 0.3) is 0 Å². The zero-order chi connectivity index (χ0) is 22.7. The van der Waals surface area contributed by atoms with Crippen molar-refractivity contribution in [1.82, 2.24) is 15.5 Å². The number of amides is 1. The van der Waals surface area contributed by atoms with E-state index in [1.807, 2.05) is 49.4 Å². The molecule has 2 N–H and O–H groups in total. The van der Waals surface area contributed by atoms with Crippen molar-refractivity contribution in [2.45, 2.75) is 13.0 Å². The van der Waals surface area contributed by atoms with Crippen LogP contribution >= 0.6 is 34.8 Å². The molecule has 2 aromatic carbocycles. The number of hydrogen-bond donors (Lipinski definition) is 2. The van der Waals surface area contributed by atoms with Crippen molar-refractivity contribution in [1.29, 1.82) is 0 Å². The Bertz CT molecular complexity index is 987. The average Bonchev–Trinajstić information content (AvgIpc) is 3.18. The van der Waals surface area contributed by atoms with E-state index >= 15 is 0 Å². The molecule has 2 heterocycles. The number of halogens is 3. The third-order valence-corrected chi connectivity index (χ3v) is 7.16. The van der Waals surface area contributed by atoms with Gasteiger partial charge in [0.2, 0.25) is 5.91 Å². The lowest BCUT2D eigenvalue weighted by Gasteiger charge is -2.36. The molecule has 0 aliphatic carbocycles. The first kappa shape index (κ1) is 23.2. The van der Waals surface area contributed by atoms with Gasteiger partial charge in [-0.2, -0.15) is 0 Å². The molecule has 2 atom stereocenters. The number of nitrogens with zero attached hydrogens (tertiary/aromatic N) is 2. The lowest BCUT2D eigenvalue weighted by molar-refractivity contribution is -0.124. The van der Waals surface area contributed by atoms with E-state index in [9.17, 15) is 4.79 Å². The van der Waals surface area contributed by atoms with Crippen molar-refractivity contribution in [3.63, 3.8) is 0 Å². The SMILES string of the molecule is CC1NC(c2ccc(Cl)cc2)=CC1C(=O)NCCN1CCN(c2cccc(Cl)c2Cl)CC1. The van der Waals surface area contributed by atoms with E-state index in [-0.39, 0.29) is 17.9 Å². The van der Waals surface area contributed by atoms with Gasteiger partial charge in [-0.25, -0.2) is 0 Å². The predicted octanol–water partition coefficient (Wildman–Crippen LogP) is 4.53. The summed E-state index contributed by atoms with van der Waals surface area (Å²) >= 11 is 18.5. The molecule has 0 radical (unpaired) electrons. The van der Waals surface area contributed by atoms with E-state index in [0.717, 1.165) is 49.7 Å². The van der Waals surface area contributed by atoms with Gasteiger partial charge < -0.3 is 15.5 Å². The topological polar surface area (TPSA) is 47.6 Å². The van der Waals surface area contributed by atoms with Gasteiger partial charge in [0.05, 0.1) is 21.7 Å². The van der Waals surface area contributed by atoms with Gasteiger partial charge in [0.1, 0.15) is 0 Å². The van der Waals surface area contributed by atoms with Crippen LogP contribution in [0, 0.1) is 5.92 Å². The second kappa shape index (κ2) is 10.3. The molecule has 4 rings (SSSR count). The highest BCUT2D eigenvalue weighted by molar-refractivity contribution is 6.43. The minimum atomic E-state index is -0.192. The number of rotatable bonds is 6. The van der Waals surface area contributed by atoms with Crippen molar-refractivity contribution in [2.75, 3.05) is 44.2 Å². The highest BCUT2D eigenvalue weighted by Gasteiger charge is 2.29. The first-order chi connectivity index (χ1) is 15.4. The van der Waals surface area contributed by atoms with E-state index in [1.165, 1.54) is 0 Å². The maximum atomic E-state index is 12.8. The van der Waals surface area contributed by atoms with E-state index in [0.29, 0.717) is 21.6 Å². The number of carbonyl (C=O) groups excluding carboxylic acids is 1. The van der Waals surface area contributed by atoms with Gasteiger partial charge in [-0.1, -0.05) is 53.0 Å². The second-order valence-corrected chi connectivity index (χ2v) is 9.46. The fourth-order valence-corrected chi connectivity index (χ4v) is 4.76. The van der Waals surface area contributed by atoms with E-state index < -0.39 is 0 Å². The zero-order valence-corrected chi connectivity index (χ0v) is 20.2. The van der Waals surface area contributed by atoms with Crippen LogP contribution in [0.5, 0.6) is 0 Å². The largest absolute Gasteiger partial charge is 0.381 e. The van der Waals surface area contributed by atoms with Gasteiger partial charge in [-0.15, -0.1) is 0 Å². The van der Waals surface area contributed by atoms with Crippen molar-refractivity contribution in [2.24, 2.45) is 5.92 Å². The molecule has 1 saturated heterocycles. The molecule has 2 aliphatic heterocycles. The normalized spacial score (nSPS) is 21.2. The molecule has 5 nitrogen and oxygen atoms in total. The van der Waals surface area contributed by atoms with E-state index in [1.54, 1.807) is 6.07 Å². The van der Waals surface area contributed by atoms with Crippen LogP contribution in [0.2, 0.25) is 15.1 Å². The highest BCUT2D eigenvalue weighted by atomic mass is 35.5. The Hall–Kier alpha value is -1.92. The molecule has 0 saturated carbocycles. The maximum absolute atomic E-state index is 12.8. The van der Waals surface area contributed by atoms with Crippen molar-refractivity contribution in [3.05, 3.63) is 69.2 Å². The van der Waals surface area contributed by atoms with Crippen molar-refractivity contribution in [3.8, 4) is 0 Å². The first-order valence-corrected chi connectivity index (χ1v) is 12.0. The Morgan fingerprint density at radius 1 is 1.06 bits per heavy atom. The molecule has 1 fully saturated rings. The Labute approximate surface area is 204 Å². The fourth-order valence-electron chi connectivity index (χ4n) is 4.22. The van der Waals surface area contributed by atoms with Crippen LogP contribution in [0.3, 0.4) is 0 Å². The maximum Gasteiger partial charge on any atom is 0.229 e.